The van der Waals surface area contributed by atoms with Crippen molar-refractivity contribution in [2.24, 2.45) is 5.92 Å². The number of likely N-dealkylation sites (N-methyl/N-ethyl adjacent to an activating group) is 1. The Hall–Kier alpha value is -0.900. The highest BCUT2D eigenvalue weighted by Gasteiger charge is 2.25. The second-order valence-electron chi connectivity index (χ2n) is 4.56. The van der Waals surface area contributed by atoms with Gasteiger partial charge in [0.15, 0.2) is 12.3 Å². The van der Waals surface area contributed by atoms with Crippen LogP contribution >= 0.6 is 0 Å². The van der Waals surface area contributed by atoms with Crippen molar-refractivity contribution in [3.05, 3.63) is 0 Å². The average molecular weight is 229 g/mol. The molecule has 1 radical (unpaired) electrons. The fraction of sp³-hybridized carbons (Fsp3) is 0.833. The van der Waals surface area contributed by atoms with Crippen LogP contribution in [0.5, 0.6) is 0 Å². The molecule has 0 amide bonds. The molecule has 0 aromatic rings. The number of hydrogen-bond donors (Lipinski definition) is 1. The molecule has 0 spiro atoms. The molecule has 93 valence electrons. The van der Waals surface area contributed by atoms with E-state index in [9.17, 15) is 9.59 Å². The molecule has 4 heteroatoms. The van der Waals surface area contributed by atoms with Gasteiger partial charge in [-0.1, -0.05) is 13.8 Å². The monoisotopic (exact) mass is 229 g/mol. The van der Waals surface area contributed by atoms with Gasteiger partial charge in [0.1, 0.15) is 13.6 Å². The molecular weight excluding hydrogens is 206 g/mol. The zero-order valence-corrected chi connectivity index (χ0v) is 10.5. The Kier molecular flexibility index (Phi) is 7.81. The molecule has 0 bridgehead atoms. The highest BCUT2D eigenvalue weighted by molar-refractivity contribution is 5.66. The van der Waals surface area contributed by atoms with E-state index in [0.29, 0.717) is 5.92 Å². The number of rotatable bonds is 9. The first-order valence-corrected chi connectivity index (χ1v) is 5.86. The SMILES string of the molecule is CC(C)[C@@H](C=O)[N+](C)CCCCCC(=O)O. The molecule has 0 aliphatic carbocycles. The van der Waals surface area contributed by atoms with E-state index in [-0.39, 0.29) is 12.5 Å². The number of hydrogen-bond acceptors (Lipinski definition) is 3. The third-order valence-electron chi connectivity index (χ3n) is 2.73. The Bertz CT molecular complexity index is 216. The van der Waals surface area contributed by atoms with Gasteiger partial charge in [-0.2, -0.15) is 4.90 Å². The normalized spacial score (nSPS) is 13.1. The molecule has 0 aliphatic rings. The number of unbranched alkanes of at least 4 members (excludes halogenated alkanes) is 2. The second-order valence-corrected chi connectivity index (χ2v) is 4.56. The summed E-state index contributed by atoms with van der Waals surface area (Å²) in [5, 5.41) is 8.46. The quantitative estimate of drug-likeness (QED) is 0.371. The van der Waals surface area contributed by atoms with Crippen LogP contribution in [0.2, 0.25) is 0 Å². The molecule has 1 atom stereocenters. The molecule has 4 nitrogen and oxygen atoms in total. The summed E-state index contributed by atoms with van der Waals surface area (Å²) in [6.07, 6.45) is 3.80. The number of aliphatic carboxylic acids is 1. The summed E-state index contributed by atoms with van der Waals surface area (Å²) in [4.78, 5) is 23.2. The Morgan fingerprint density at radius 3 is 2.38 bits per heavy atom. The number of aldehydes is 1. The molecule has 0 aliphatic heterocycles. The van der Waals surface area contributed by atoms with E-state index in [1.807, 2.05) is 25.8 Å². The van der Waals surface area contributed by atoms with E-state index in [0.717, 1.165) is 32.1 Å². The standard InChI is InChI=1S/C12H23NO3/c1-10(2)11(9-14)13(3)8-6-4-5-7-12(15)16/h9-11H,4-8H2,1-3H3,(H,15,16)/q+1/t11-/m1/s1. The van der Waals surface area contributed by atoms with Crippen molar-refractivity contribution < 1.29 is 14.7 Å². The van der Waals surface area contributed by atoms with E-state index in [1.165, 1.54) is 0 Å². The second kappa shape index (κ2) is 8.28. The number of carboxylic acids is 1. The van der Waals surface area contributed by atoms with E-state index in [1.54, 1.807) is 0 Å². The fourth-order valence-electron chi connectivity index (χ4n) is 1.73. The molecule has 0 saturated heterocycles. The van der Waals surface area contributed by atoms with Gasteiger partial charge in [0.25, 0.3) is 0 Å². The third-order valence-corrected chi connectivity index (χ3v) is 2.73. The predicted molar refractivity (Wildman–Crippen MR) is 63.7 cm³/mol. The lowest BCUT2D eigenvalue weighted by Gasteiger charge is -2.16. The lowest BCUT2D eigenvalue weighted by molar-refractivity contribution is -0.137. The van der Waals surface area contributed by atoms with Crippen LogP contribution in [-0.2, 0) is 9.59 Å². The first-order valence-electron chi connectivity index (χ1n) is 5.86. The zero-order valence-electron chi connectivity index (χ0n) is 10.5. The van der Waals surface area contributed by atoms with Crippen LogP contribution in [0.4, 0.5) is 0 Å². The molecule has 16 heavy (non-hydrogen) atoms. The van der Waals surface area contributed by atoms with E-state index in [4.69, 9.17) is 5.11 Å². The summed E-state index contributed by atoms with van der Waals surface area (Å²) in [5.74, 6) is -0.414. The predicted octanol–water partition coefficient (Wildman–Crippen LogP) is 1.62. The topological polar surface area (TPSA) is 60.3 Å². The number of carbonyl (C=O) groups is 2. The van der Waals surface area contributed by atoms with E-state index >= 15 is 0 Å². The van der Waals surface area contributed by atoms with Crippen LogP contribution in [0.3, 0.4) is 0 Å². The summed E-state index contributed by atoms with van der Waals surface area (Å²) in [6.45, 7) is 4.90. The molecule has 0 fully saturated rings. The lowest BCUT2D eigenvalue weighted by atomic mass is 10.0. The molecule has 0 saturated carbocycles. The van der Waals surface area contributed by atoms with Gasteiger partial charge >= 0.3 is 5.97 Å². The van der Waals surface area contributed by atoms with Crippen LogP contribution in [0.15, 0.2) is 0 Å². The Labute approximate surface area is 97.6 Å². The largest absolute Gasteiger partial charge is 0.481 e. The molecule has 0 aromatic heterocycles. The van der Waals surface area contributed by atoms with Crippen molar-refractivity contribution in [2.75, 3.05) is 13.6 Å². The van der Waals surface area contributed by atoms with Gasteiger partial charge in [-0.3, -0.25) is 9.59 Å². The lowest BCUT2D eigenvalue weighted by Crippen LogP contribution is -2.42. The molecule has 0 heterocycles. The van der Waals surface area contributed by atoms with Crippen molar-refractivity contribution in [3.8, 4) is 0 Å². The first kappa shape index (κ1) is 15.1. The maximum Gasteiger partial charge on any atom is 0.303 e. The highest BCUT2D eigenvalue weighted by atomic mass is 16.4. The van der Waals surface area contributed by atoms with Crippen LogP contribution in [-0.4, -0.2) is 37.0 Å². The van der Waals surface area contributed by atoms with Crippen LogP contribution in [0, 0.1) is 5.92 Å². The number of carbonyl (C=O) groups excluding carboxylic acids is 1. The van der Waals surface area contributed by atoms with E-state index in [2.05, 4.69) is 0 Å². The van der Waals surface area contributed by atoms with Crippen LogP contribution in [0.1, 0.15) is 39.5 Å². The summed E-state index contributed by atoms with van der Waals surface area (Å²) >= 11 is 0. The van der Waals surface area contributed by atoms with Gasteiger partial charge in [0.2, 0.25) is 0 Å². The minimum absolute atomic E-state index is 0.0283. The highest BCUT2D eigenvalue weighted by Crippen LogP contribution is 2.06. The van der Waals surface area contributed by atoms with Crippen molar-refractivity contribution in [1.29, 1.82) is 0 Å². The molecule has 0 aromatic carbocycles. The van der Waals surface area contributed by atoms with E-state index < -0.39 is 5.97 Å². The summed E-state index contributed by atoms with van der Waals surface area (Å²) in [6, 6.07) is -0.0283. The zero-order chi connectivity index (χ0) is 12.6. The first-order chi connectivity index (χ1) is 7.49. The molecular formula is C12H23NO3+. The molecule has 0 unspecified atom stereocenters. The van der Waals surface area contributed by atoms with Crippen LogP contribution < -0.4 is 4.90 Å². The number of nitrogens with zero attached hydrogens (tertiary/aromatic N) is 1. The van der Waals surface area contributed by atoms with Gasteiger partial charge < -0.3 is 5.11 Å². The Balaban J connectivity index is 3.67. The van der Waals surface area contributed by atoms with Gasteiger partial charge in [0, 0.05) is 18.8 Å². The molecule has 0 rings (SSSR count). The van der Waals surface area contributed by atoms with Gasteiger partial charge in [-0.05, 0) is 12.8 Å². The fourth-order valence-corrected chi connectivity index (χ4v) is 1.73. The molecule has 1 N–H and O–H groups in total. The maximum atomic E-state index is 10.8. The third kappa shape index (κ3) is 6.56. The van der Waals surface area contributed by atoms with Crippen molar-refractivity contribution >= 4 is 12.3 Å². The average Bonchev–Trinajstić information content (AvgIpc) is 2.17. The Morgan fingerprint density at radius 1 is 1.31 bits per heavy atom. The van der Waals surface area contributed by atoms with Gasteiger partial charge in [-0.25, -0.2) is 0 Å². The minimum atomic E-state index is -0.735. The van der Waals surface area contributed by atoms with Crippen molar-refractivity contribution in [1.82, 2.24) is 4.90 Å². The number of carboxylic acid groups (broad SMARTS) is 1. The maximum absolute atomic E-state index is 10.8. The Morgan fingerprint density at radius 2 is 1.94 bits per heavy atom. The summed E-state index contributed by atoms with van der Waals surface area (Å²) in [5.41, 5.74) is 0. The van der Waals surface area contributed by atoms with Gasteiger partial charge in [0.05, 0.1) is 0 Å². The smallest absolute Gasteiger partial charge is 0.303 e. The van der Waals surface area contributed by atoms with Crippen molar-refractivity contribution in [3.63, 3.8) is 0 Å². The minimum Gasteiger partial charge on any atom is -0.481 e. The van der Waals surface area contributed by atoms with Crippen LogP contribution in [0.25, 0.3) is 0 Å². The van der Waals surface area contributed by atoms with Crippen molar-refractivity contribution in [2.45, 2.75) is 45.6 Å². The summed E-state index contributed by atoms with van der Waals surface area (Å²) < 4.78 is 0. The van der Waals surface area contributed by atoms with Gasteiger partial charge in [-0.15, -0.1) is 0 Å². The summed E-state index contributed by atoms with van der Waals surface area (Å²) in [7, 11) is 1.94.